The van der Waals surface area contributed by atoms with Gasteiger partial charge in [0.1, 0.15) is 17.2 Å². The van der Waals surface area contributed by atoms with Crippen molar-refractivity contribution in [3.8, 4) is 0 Å². The molecule has 0 saturated carbocycles. The second-order valence-corrected chi connectivity index (χ2v) is 4.28. The van der Waals surface area contributed by atoms with Crippen LogP contribution in [0, 0.1) is 13.8 Å². The van der Waals surface area contributed by atoms with Crippen LogP contribution in [0.1, 0.15) is 17.9 Å². The van der Waals surface area contributed by atoms with Gasteiger partial charge in [-0.3, -0.25) is 4.40 Å². The molecule has 0 bridgehead atoms. The summed E-state index contributed by atoms with van der Waals surface area (Å²) in [5.74, 6) is 2.59. The van der Waals surface area contributed by atoms with E-state index in [-0.39, 0.29) is 0 Å². The Morgan fingerprint density at radius 3 is 2.69 bits per heavy atom. The first-order chi connectivity index (χ1) is 7.68. The fraction of sp³-hybridized carbons (Fsp3) is 0.455. The Morgan fingerprint density at radius 1 is 1.31 bits per heavy atom. The van der Waals surface area contributed by atoms with Crippen molar-refractivity contribution in [3.63, 3.8) is 0 Å². The van der Waals surface area contributed by atoms with Crippen LogP contribution in [-0.2, 0) is 0 Å². The number of rotatable bonds is 1. The number of aromatic nitrogens is 3. The molecule has 1 aliphatic heterocycles. The molecule has 0 unspecified atom stereocenters. The first kappa shape index (κ1) is 9.45. The van der Waals surface area contributed by atoms with Gasteiger partial charge in [-0.1, -0.05) is 0 Å². The van der Waals surface area contributed by atoms with Gasteiger partial charge >= 0.3 is 0 Å². The van der Waals surface area contributed by atoms with E-state index in [1.54, 1.807) is 6.20 Å². The SMILES string of the molecule is Cc1nc(C)n2c(N)cnc(N3CCC3)c12. The highest BCUT2D eigenvalue weighted by molar-refractivity contribution is 5.75. The van der Waals surface area contributed by atoms with Crippen molar-refractivity contribution in [1.82, 2.24) is 14.4 Å². The Morgan fingerprint density at radius 2 is 2.06 bits per heavy atom. The van der Waals surface area contributed by atoms with Crippen molar-refractivity contribution in [1.29, 1.82) is 0 Å². The van der Waals surface area contributed by atoms with E-state index in [2.05, 4.69) is 14.9 Å². The molecule has 84 valence electrons. The van der Waals surface area contributed by atoms with Crippen LogP contribution in [0.15, 0.2) is 6.20 Å². The Labute approximate surface area is 93.9 Å². The Kier molecular flexibility index (Phi) is 1.83. The number of imidazole rings is 1. The van der Waals surface area contributed by atoms with Crippen LogP contribution >= 0.6 is 0 Å². The van der Waals surface area contributed by atoms with Crippen molar-refractivity contribution in [2.24, 2.45) is 0 Å². The minimum atomic E-state index is 0.650. The minimum Gasteiger partial charge on any atom is -0.383 e. The van der Waals surface area contributed by atoms with Gasteiger partial charge in [0, 0.05) is 13.1 Å². The molecule has 16 heavy (non-hydrogen) atoms. The number of hydrogen-bond donors (Lipinski definition) is 1. The van der Waals surface area contributed by atoms with Gasteiger partial charge < -0.3 is 10.6 Å². The zero-order valence-electron chi connectivity index (χ0n) is 9.56. The van der Waals surface area contributed by atoms with Crippen molar-refractivity contribution in [2.45, 2.75) is 20.3 Å². The second kappa shape index (κ2) is 3.10. The molecule has 3 rings (SSSR count). The van der Waals surface area contributed by atoms with Crippen LogP contribution in [-0.4, -0.2) is 27.5 Å². The summed E-state index contributed by atoms with van der Waals surface area (Å²) in [6.45, 7) is 6.13. The van der Waals surface area contributed by atoms with E-state index in [1.807, 2.05) is 18.2 Å². The van der Waals surface area contributed by atoms with E-state index in [0.717, 1.165) is 35.9 Å². The van der Waals surface area contributed by atoms with E-state index >= 15 is 0 Å². The van der Waals surface area contributed by atoms with Gasteiger partial charge in [-0.05, 0) is 20.3 Å². The van der Waals surface area contributed by atoms with Crippen LogP contribution in [0.25, 0.3) is 5.52 Å². The van der Waals surface area contributed by atoms with Gasteiger partial charge in [0.2, 0.25) is 0 Å². The lowest BCUT2D eigenvalue weighted by atomic mass is 10.2. The number of fused-ring (bicyclic) bond motifs is 1. The quantitative estimate of drug-likeness (QED) is 0.778. The fourth-order valence-electron chi connectivity index (χ4n) is 2.25. The summed E-state index contributed by atoms with van der Waals surface area (Å²) in [5.41, 5.74) is 7.99. The smallest absolute Gasteiger partial charge is 0.155 e. The molecule has 0 amide bonds. The monoisotopic (exact) mass is 217 g/mol. The largest absolute Gasteiger partial charge is 0.383 e. The molecule has 0 atom stereocenters. The highest BCUT2D eigenvalue weighted by Crippen LogP contribution is 2.28. The highest BCUT2D eigenvalue weighted by atomic mass is 15.3. The molecule has 1 fully saturated rings. The number of anilines is 2. The summed E-state index contributed by atoms with van der Waals surface area (Å²) >= 11 is 0. The average Bonchev–Trinajstić information content (AvgIpc) is 2.45. The summed E-state index contributed by atoms with van der Waals surface area (Å²) < 4.78 is 1.98. The molecular formula is C11H15N5. The lowest BCUT2D eigenvalue weighted by Gasteiger charge is -2.32. The lowest BCUT2D eigenvalue weighted by Crippen LogP contribution is -2.38. The summed E-state index contributed by atoms with van der Waals surface area (Å²) in [6, 6.07) is 0. The summed E-state index contributed by atoms with van der Waals surface area (Å²) in [7, 11) is 0. The number of nitrogen functional groups attached to an aromatic ring is 1. The van der Waals surface area contributed by atoms with Gasteiger partial charge in [0.25, 0.3) is 0 Å². The third-order valence-electron chi connectivity index (χ3n) is 3.16. The van der Waals surface area contributed by atoms with Gasteiger partial charge in [-0.15, -0.1) is 0 Å². The molecule has 1 aliphatic rings. The summed E-state index contributed by atoms with van der Waals surface area (Å²) in [5, 5.41) is 0. The number of nitrogens with two attached hydrogens (primary N) is 1. The molecule has 0 aliphatic carbocycles. The van der Waals surface area contributed by atoms with E-state index in [9.17, 15) is 0 Å². The third-order valence-corrected chi connectivity index (χ3v) is 3.16. The fourth-order valence-corrected chi connectivity index (χ4v) is 2.25. The molecule has 0 radical (unpaired) electrons. The zero-order valence-corrected chi connectivity index (χ0v) is 9.56. The van der Waals surface area contributed by atoms with Gasteiger partial charge in [-0.25, -0.2) is 9.97 Å². The van der Waals surface area contributed by atoms with Crippen LogP contribution in [0.2, 0.25) is 0 Å². The number of nitrogens with zero attached hydrogens (tertiary/aromatic N) is 4. The van der Waals surface area contributed by atoms with Crippen molar-refractivity contribution >= 4 is 17.2 Å². The van der Waals surface area contributed by atoms with Crippen LogP contribution in [0.5, 0.6) is 0 Å². The number of hydrogen-bond acceptors (Lipinski definition) is 4. The highest BCUT2D eigenvalue weighted by Gasteiger charge is 2.21. The summed E-state index contributed by atoms with van der Waals surface area (Å²) in [6.07, 6.45) is 2.96. The van der Waals surface area contributed by atoms with E-state index in [0.29, 0.717) is 5.82 Å². The van der Waals surface area contributed by atoms with Gasteiger partial charge in [-0.2, -0.15) is 0 Å². The van der Waals surface area contributed by atoms with E-state index < -0.39 is 0 Å². The third kappa shape index (κ3) is 1.11. The van der Waals surface area contributed by atoms with Gasteiger partial charge in [0.05, 0.1) is 11.9 Å². The molecule has 5 heteroatoms. The molecule has 3 heterocycles. The molecule has 0 spiro atoms. The van der Waals surface area contributed by atoms with Crippen molar-refractivity contribution in [2.75, 3.05) is 23.7 Å². The minimum absolute atomic E-state index is 0.650. The molecule has 1 saturated heterocycles. The van der Waals surface area contributed by atoms with Crippen LogP contribution in [0.3, 0.4) is 0 Å². The van der Waals surface area contributed by atoms with E-state index in [4.69, 9.17) is 5.73 Å². The van der Waals surface area contributed by atoms with Crippen molar-refractivity contribution < 1.29 is 0 Å². The predicted octanol–water partition coefficient (Wildman–Crippen LogP) is 1.14. The summed E-state index contributed by atoms with van der Waals surface area (Å²) in [4.78, 5) is 11.2. The molecule has 0 aromatic carbocycles. The molecule has 2 aromatic heterocycles. The maximum atomic E-state index is 5.94. The molecule has 2 aromatic rings. The first-order valence-electron chi connectivity index (χ1n) is 5.53. The Bertz CT molecular complexity index is 553. The zero-order chi connectivity index (χ0) is 11.3. The number of aryl methyl sites for hydroxylation is 2. The predicted molar refractivity (Wildman–Crippen MR) is 63.7 cm³/mol. The van der Waals surface area contributed by atoms with Crippen LogP contribution < -0.4 is 10.6 Å². The Hall–Kier alpha value is -1.78. The Balaban J connectivity index is 2.33. The lowest BCUT2D eigenvalue weighted by molar-refractivity contribution is 0.610. The normalized spacial score (nSPS) is 15.5. The van der Waals surface area contributed by atoms with E-state index in [1.165, 1.54) is 6.42 Å². The molecule has 5 nitrogen and oxygen atoms in total. The average molecular weight is 217 g/mol. The van der Waals surface area contributed by atoms with Crippen molar-refractivity contribution in [3.05, 3.63) is 17.7 Å². The second-order valence-electron chi connectivity index (χ2n) is 4.28. The topological polar surface area (TPSA) is 59.5 Å². The molecule has 2 N–H and O–H groups in total. The maximum absolute atomic E-state index is 5.94. The maximum Gasteiger partial charge on any atom is 0.155 e. The molecular weight excluding hydrogens is 202 g/mol. The van der Waals surface area contributed by atoms with Crippen LogP contribution in [0.4, 0.5) is 11.6 Å². The standard InChI is InChI=1S/C11H15N5/c1-7-10-11(15-4-3-5-15)13-6-9(12)16(10)8(2)14-7/h6H,3-5,12H2,1-2H3. The van der Waals surface area contributed by atoms with Gasteiger partial charge in [0.15, 0.2) is 5.82 Å². The first-order valence-corrected chi connectivity index (χ1v) is 5.53.